The first kappa shape index (κ1) is 43.3. The van der Waals surface area contributed by atoms with E-state index in [0.717, 1.165) is 34.1 Å². The molecule has 52 heavy (non-hydrogen) atoms. The van der Waals surface area contributed by atoms with Crippen molar-refractivity contribution in [3.05, 3.63) is 35.4 Å². The molecule has 2 N–H and O–H groups in total. The quantitative estimate of drug-likeness (QED) is 0.459. The predicted molar refractivity (Wildman–Crippen MR) is 207 cm³/mol. The molecule has 0 aromatic heterocycles. The largest absolute Gasteiger partial charge is 0.386 e. The second kappa shape index (κ2) is 24.7. The fraction of sp³-hybridized carbons (Fsp3) is 0.833. The summed E-state index contributed by atoms with van der Waals surface area (Å²) in [5.74, 6) is 3.22. The first-order chi connectivity index (χ1) is 25.6. The number of hydrogen-bond acceptors (Lipinski definition) is 16. The molecule has 4 aliphatic heterocycles. The van der Waals surface area contributed by atoms with Crippen molar-refractivity contribution in [3.63, 3.8) is 0 Å². The molecule has 1 aromatic carbocycles. The van der Waals surface area contributed by atoms with E-state index in [-0.39, 0.29) is 20.0 Å². The van der Waals surface area contributed by atoms with Gasteiger partial charge in [-0.05, 0) is 11.1 Å². The van der Waals surface area contributed by atoms with E-state index in [0.29, 0.717) is 132 Å². The summed E-state index contributed by atoms with van der Waals surface area (Å²) in [5.41, 5.74) is 1.29. The van der Waals surface area contributed by atoms with Gasteiger partial charge in [-0.1, -0.05) is 24.3 Å². The van der Waals surface area contributed by atoms with Gasteiger partial charge in [0.2, 0.25) is 0 Å². The average molecular weight is 811 g/mol. The van der Waals surface area contributed by atoms with Crippen LogP contribution in [0, 0.1) is 10.8 Å². The molecule has 0 radical (unpaired) electrons. The van der Waals surface area contributed by atoms with Crippen LogP contribution >= 0.6 is 47.0 Å². The lowest BCUT2D eigenvalue weighted by molar-refractivity contribution is -0.0484. The van der Waals surface area contributed by atoms with Crippen LogP contribution in [0.1, 0.15) is 23.3 Å². The monoisotopic (exact) mass is 810 g/mol. The van der Waals surface area contributed by atoms with E-state index in [9.17, 15) is 10.2 Å². The molecule has 0 aliphatic carbocycles. The number of aliphatic hydroxyl groups is 2. The Morgan fingerprint density at radius 3 is 0.942 bits per heavy atom. The standard InChI is InChI=1S/C36H58O12S4/c37-31(33-49-25-35(26-50-33)21-45-16-12-41-8-4-39-5-9-42-13-17-46-22-35)29-2-1-3-30(20-29)32(38)34-51-27-36(28-52-34)23-47-18-14-43-10-6-40-7-11-44-15-19-48-24-36/h1-3,20,31-34,37-38H,4-19,21-28H2. The van der Waals surface area contributed by atoms with E-state index in [4.69, 9.17) is 47.4 Å². The Hall–Kier alpha value is 0.140. The van der Waals surface area contributed by atoms with E-state index >= 15 is 0 Å². The van der Waals surface area contributed by atoms with Crippen molar-refractivity contribution in [2.75, 3.05) is 155 Å². The van der Waals surface area contributed by atoms with Crippen molar-refractivity contribution < 1.29 is 57.6 Å². The van der Waals surface area contributed by atoms with E-state index in [1.54, 1.807) is 47.0 Å². The molecule has 2 spiro atoms. The van der Waals surface area contributed by atoms with Gasteiger partial charge < -0.3 is 57.6 Å². The molecule has 4 aliphatic rings. The first-order valence-electron chi connectivity index (χ1n) is 18.3. The Bertz CT molecular complexity index is 978. The van der Waals surface area contributed by atoms with E-state index in [1.807, 2.05) is 24.3 Å². The fourth-order valence-electron chi connectivity index (χ4n) is 5.95. The molecule has 298 valence electrons. The summed E-state index contributed by atoms with van der Waals surface area (Å²) < 4.78 is 57.7. The van der Waals surface area contributed by atoms with Crippen LogP contribution in [-0.2, 0) is 47.4 Å². The molecule has 12 nitrogen and oxygen atoms in total. The van der Waals surface area contributed by atoms with Gasteiger partial charge in [-0.3, -0.25) is 0 Å². The second-order valence-electron chi connectivity index (χ2n) is 13.4. The minimum Gasteiger partial charge on any atom is -0.386 e. The highest BCUT2D eigenvalue weighted by molar-refractivity contribution is 8.18. The molecule has 0 bridgehead atoms. The Morgan fingerprint density at radius 2 is 0.673 bits per heavy atom. The van der Waals surface area contributed by atoms with Gasteiger partial charge in [0.1, 0.15) is 0 Å². The number of ether oxygens (including phenoxy) is 10. The van der Waals surface area contributed by atoms with Crippen LogP contribution in [0.3, 0.4) is 0 Å². The molecule has 4 saturated heterocycles. The molecule has 0 amide bonds. The smallest absolute Gasteiger partial charge is 0.1000 e. The fourth-order valence-corrected chi connectivity index (χ4v) is 12.3. The highest BCUT2D eigenvalue weighted by Gasteiger charge is 2.41. The summed E-state index contributed by atoms with van der Waals surface area (Å²) in [6.45, 7) is 10.7. The molecule has 4 heterocycles. The van der Waals surface area contributed by atoms with Crippen LogP contribution in [0.2, 0.25) is 0 Å². The van der Waals surface area contributed by atoms with Gasteiger partial charge in [0, 0.05) is 33.8 Å². The van der Waals surface area contributed by atoms with E-state index in [2.05, 4.69) is 0 Å². The van der Waals surface area contributed by atoms with Crippen LogP contribution in [-0.4, -0.2) is 175 Å². The van der Waals surface area contributed by atoms with Crippen LogP contribution in [0.15, 0.2) is 24.3 Å². The third kappa shape index (κ3) is 14.9. The number of thioether (sulfide) groups is 4. The molecule has 0 saturated carbocycles. The zero-order valence-corrected chi connectivity index (χ0v) is 33.5. The van der Waals surface area contributed by atoms with E-state index < -0.39 is 12.2 Å². The highest BCUT2D eigenvalue weighted by atomic mass is 32.2. The summed E-state index contributed by atoms with van der Waals surface area (Å²) in [7, 11) is 0. The van der Waals surface area contributed by atoms with Crippen molar-refractivity contribution in [1.29, 1.82) is 0 Å². The molecule has 2 unspecified atom stereocenters. The third-order valence-electron chi connectivity index (χ3n) is 8.93. The maximum Gasteiger partial charge on any atom is 0.1000 e. The maximum atomic E-state index is 11.6. The Labute approximate surface area is 326 Å². The van der Waals surface area contributed by atoms with Gasteiger partial charge in [0.25, 0.3) is 0 Å². The lowest BCUT2D eigenvalue weighted by Gasteiger charge is -2.40. The van der Waals surface area contributed by atoms with Gasteiger partial charge in [-0.25, -0.2) is 0 Å². The Balaban J connectivity index is 1.11. The normalized spacial score (nSPS) is 27.8. The van der Waals surface area contributed by atoms with Gasteiger partial charge in [0.05, 0.1) is 154 Å². The third-order valence-corrected chi connectivity index (χ3v) is 16.0. The number of rotatable bonds is 4. The van der Waals surface area contributed by atoms with Crippen molar-refractivity contribution in [2.24, 2.45) is 10.8 Å². The molecule has 1 aromatic rings. The molecule has 2 atom stereocenters. The summed E-state index contributed by atoms with van der Waals surface area (Å²) >= 11 is 6.99. The second-order valence-corrected chi connectivity index (χ2v) is 18.5. The molecular weight excluding hydrogens is 753 g/mol. The van der Waals surface area contributed by atoms with Gasteiger partial charge >= 0.3 is 0 Å². The SMILES string of the molecule is OC(c1cccc(C(O)C2SCC3(COCCOCCOCCOCCOC3)CS2)c1)C1SCC2(COCCOCCOCCOCCOC2)CS1. The molecule has 5 rings (SSSR count). The van der Waals surface area contributed by atoms with Crippen molar-refractivity contribution in [3.8, 4) is 0 Å². The number of hydrogen-bond donors (Lipinski definition) is 2. The highest BCUT2D eigenvalue weighted by Crippen LogP contribution is 2.48. The summed E-state index contributed by atoms with van der Waals surface area (Å²) in [6, 6.07) is 7.83. The maximum absolute atomic E-state index is 11.6. The molecule has 4 fully saturated rings. The zero-order chi connectivity index (χ0) is 36.2. The number of aliphatic hydroxyl groups excluding tert-OH is 2. The number of benzene rings is 1. The molecule has 16 heteroatoms. The molecular formula is C36H58O12S4. The summed E-state index contributed by atoms with van der Waals surface area (Å²) in [5, 5.41) is 23.1. The van der Waals surface area contributed by atoms with Crippen LogP contribution in [0.25, 0.3) is 0 Å². The predicted octanol–water partition coefficient (Wildman–Crippen LogP) is 3.53. The lowest BCUT2D eigenvalue weighted by atomic mass is 9.95. The first-order valence-corrected chi connectivity index (χ1v) is 22.5. The van der Waals surface area contributed by atoms with Gasteiger partial charge in [-0.2, -0.15) is 0 Å². The topological polar surface area (TPSA) is 133 Å². The minimum absolute atomic E-state index is 0.0453. The van der Waals surface area contributed by atoms with E-state index in [1.165, 1.54) is 0 Å². The van der Waals surface area contributed by atoms with Crippen LogP contribution < -0.4 is 0 Å². The summed E-state index contributed by atoms with van der Waals surface area (Å²) in [4.78, 5) is 0. The zero-order valence-electron chi connectivity index (χ0n) is 30.2. The van der Waals surface area contributed by atoms with Crippen molar-refractivity contribution in [2.45, 2.75) is 21.4 Å². The van der Waals surface area contributed by atoms with Gasteiger partial charge in [-0.15, -0.1) is 47.0 Å². The summed E-state index contributed by atoms with van der Waals surface area (Å²) in [6.07, 6.45) is -1.36. The Morgan fingerprint density at radius 1 is 0.423 bits per heavy atom. The lowest BCUT2D eigenvalue weighted by Crippen LogP contribution is -2.42. The van der Waals surface area contributed by atoms with Crippen LogP contribution in [0.5, 0.6) is 0 Å². The minimum atomic E-state index is -0.681. The Kier molecular flexibility index (Phi) is 20.6. The van der Waals surface area contributed by atoms with Gasteiger partial charge in [0.15, 0.2) is 0 Å². The van der Waals surface area contributed by atoms with Crippen molar-refractivity contribution in [1.82, 2.24) is 0 Å². The van der Waals surface area contributed by atoms with Crippen molar-refractivity contribution >= 4 is 47.0 Å². The van der Waals surface area contributed by atoms with Crippen LogP contribution in [0.4, 0.5) is 0 Å². The average Bonchev–Trinajstić information content (AvgIpc) is 3.17.